The number of hydrogen-bond donors (Lipinski definition) is 0. The van der Waals surface area contributed by atoms with Gasteiger partial charge in [0.2, 0.25) is 0 Å². The molecule has 188 valence electrons. The zero-order valence-corrected chi connectivity index (χ0v) is 20.7. The van der Waals surface area contributed by atoms with Crippen LogP contribution in [0, 0.1) is 22.0 Å². The second-order valence-electron chi connectivity index (χ2n) is 8.80. The van der Waals surface area contributed by atoms with E-state index in [1.165, 1.54) is 36.4 Å². The quantitative estimate of drug-likeness (QED) is 0.160. The summed E-state index contributed by atoms with van der Waals surface area (Å²) in [6.07, 6.45) is 2.60. The number of nitro benzene ring substituents is 1. The first kappa shape index (κ1) is 25.8. The number of rotatable bonds is 8. The molecular weight excluding hydrogens is 509 g/mol. The molecule has 0 aromatic heterocycles. The predicted octanol–water partition coefficient (Wildman–Crippen LogP) is 4.66. The number of halogens is 2. The number of Topliss-reactive ketones (excluding diaryl/α,β-unsaturated/α-hetero) is 1. The van der Waals surface area contributed by atoms with Crippen LogP contribution in [0.15, 0.2) is 48.5 Å². The van der Waals surface area contributed by atoms with Crippen molar-refractivity contribution in [3.8, 4) is 0 Å². The van der Waals surface area contributed by atoms with Crippen molar-refractivity contribution in [2.45, 2.75) is 38.1 Å². The minimum absolute atomic E-state index is 0.0143. The highest BCUT2D eigenvalue weighted by Crippen LogP contribution is 2.40. The minimum atomic E-state index is -1.26. The maximum Gasteiger partial charge on any atom is 0.273 e. The first-order chi connectivity index (χ1) is 17.2. The van der Waals surface area contributed by atoms with Crippen LogP contribution in [0.3, 0.4) is 0 Å². The van der Waals surface area contributed by atoms with Crippen LogP contribution in [0.25, 0.3) is 0 Å². The van der Waals surface area contributed by atoms with E-state index in [1.54, 1.807) is 0 Å². The third-order valence-electron chi connectivity index (χ3n) is 6.68. The van der Waals surface area contributed by atoms with Gasteiger partial charge in [-0.1, -0.05) is 24.4 Å². The van der Waals surface area contributed by atoms with Gasteiger partial charge in [-0.25, -0.2) is 5.01 Å². The Morgan fingerprint density at radius 1 is 0.972 bits per heavy atom. The fraction of sp³-hybridized carbons (Fsp3) is 0.360. The number of alkyl halides is 1. The van der Waals surface area contributed by atoms with Gasteiger partial charge in [-0.3, -0.25) is 29.3 Å². The van der Waals surface area contributed by atoms with E-state index in [4.69, 9.17) is 23.2 Å². The Morgan fingerprint density at radius 3 is 2.00 bits per heavy atom. The number of nitro groups is 1. The standard InChI is InChI=1S/C25H23Cl2N3O6/c26-14-13-21(22(31)15-5-9-17(27)10-6-15)28(23(32)16-7-11-18(12-8-16)30(35)36)29-24(33)19-3-1-2-4-20(19)25(29)34/h5-12,19-21H,1-4,13-14H2/t19-,20+,21-/m0/s1. The molecule has 1 saturated carbocycles. The summed E-state index contributed by atoms with van der Waals surface area (Å²) in [6, 6.07) is 9.53. The van der Waals surface area contributed by atoms with Crippen molar-refractivity contribution < 1.29 is 24.1 Å². The van der Waals surface area contributed by atoms with Crippen molar-refractivity contribution in [2.75, 3.05) is 5.88 Å². The number of imide groups is 1. The fourth-order valence-corrected chi connectivity index (χ4v) is 5.19. The smallest absolute Gasteiger partial charge is 0.273 e. The minimum Gasteiger partial charge on any atom is -0.292 e. The second kappa shape index (κ2) is 10.8. The van der Waals surface area contributed by atoms with Gasteiger partial charge < -0.3 is 0 Å². The molecule has 3 atom stereocenters. The summed E-state index contributed by atoms with van der Waals surface area (Å²) in [5, 5.41) is 13.2. The van der Waals surface area contributed by atoms with Gasteiger partial charge in [0.1, 0.15) is 6.04 Å². The van der Waals surface area contributed by atoms with Crippen LogP contribution in [0.1, 0.15) is 52.8 Å². The summed E-state index contributed by atoms with van der Waals surface area (Å²) >= 11 is 12.0. The molecule has 2 fully saturated rings. The highest BCUT2D eigenvalue weighted by molar-refractivity contribution is 6.30. The van der Waals surface area contributed by atoms with Gasteiger partial charge in [0, 0.05) is 34.2 Å². The zero-order chi connectivity index (χ0) is 26.0. The number of ketones is 1. The van der Waals surface area contributed by atoms with Gasteiger partial charge >= 0.3 is 0 Å². The number of non-ortho nitro benzene ring substituents is 1. The highest BCUT2D eigenvalue weighted by Gasteiger charge is 2.53. The number of fused-ring (bicyclic) bond motifs is 1. The molecule has 36 heavy (non-hydrogen) atoms. The molecular formula is C25H23Cl2N3O6. The zero-order valence-electron chi connectivity index (χ0n) is 19.1. The summed E-state index contributed by atoms with van der Waals surface area (Å²) in [5.41, 5.74) is -0.0147. The van der Waals surface area contributed by atoms with E-state index >= 15 is 0 Å². The molecule has 1 aliphatic carbocycles. The van der Waals surface area contributed by atoms with E-state index in [9.17, 15) is 29.3 Å². The van der Waals surface area contributed by atoms with Crippen LogP contribution in [0.2, 0.25) is 5.02 Å². The number of benzene rings is 2. The van der Waals surface area contributed by atoms with Gasteiger partial charge in [-0.15, -0.1) is 11.6 Å². The van der Waals surface area contributed by atoms with Crippen LogP contribution in [-0.4, -0.2) is 50.4 Å². The largest absolute Gasteiger partial charge is 0.292 e. The van der Waals surface area contributed by atoms with Gasteiger partial charge in [-0.2, -0.15) is 5.01 Å². The number of amides is 3. The first-order valence-corrected chi connectivity index (χ1v) is 12.5. The number of nitrogens with zero attached hydrogens (tertiary/aromatic N) is 3. The third-order valence-corrected chi connectivity index (χ3v) is 7.15. The van der Waals surface area contributed by atoms with Crippen molar-refractivity contribution in [1.29, 1.82) is 0 Å². The second-order valence-corrected chi connectivity index (χ2v) is 9.62. The Balaban J connectivity index is 1.79. The van der Waals surface area contributed by atoms with Gasteiger partial charge in [-0.05, 0) is 55.7 Å². The van der Waals surface area contributed by atoms with E-state index in [0.29, 0.717) is 17.9 Å². The van der Waals surface area contributed by atoms with Crippen molar-refractivity contribution in [1.82, 2.24) is 10.0 Å². The third kappa shape index (κ3) is 4.85. The summed E-state index contributed by atoms with van der Waals surface area (Å²) < 4.78 is 0. The SMILES string of the molecule is O=C(c1ccc(Cl)cc1)[C@H](CCCl)N(C(=O)c1ccc([N+](=O)[O-])cc1)N1C(=O)[C@H]2CCCC[C@H]2C1=O. The lowest BCUT2D eigenvalue weighted by atomic mass is 9.81. The van der Waals surface area contributed by atoms with E-state index in [-0.39, 0.29) is 29.1 Å². The molecule has 0 radical (unpaired) electrons. The Kier molecular flexibility index (Phi) is 7.70. The molecule has 3 amide bonds. The maximum absolute atomic E-state index is 13.8. The summed E-state index contributed by atoms with van der Waals surface area (Å²) in [6.45, 7) is 0. The first-order valence-electron chi connectivity index (χ1n) is 11.6. The molecule has 9 nitrogen and oxygen atoms in total. The molecule has 1 saturated heterocycles. The Bertz CT molecular complexity index is 1180. The Labute approximate surface area is 217 Å². The number of hydrazine groups is 1. The fourth-order valence-electron chi connectivity index (χ4n) is 4.86. The van der Waals surface area contributed by atoms with Crippen molar-refractivity contribution in [2.24, 2.45) is 11.8 Å². The molecule has 0 unspecified atom stereocenters. The highest BCUT2D eigenvalue weighted by atomic mass is 35.5. The lowest BCUT2D eigenvalue weighted by Gasteiger charge is -2.36. The summed E-state index contributed by atoms with van der Waals surface area (Å²) in [5.74, 6) is -3.51. The Hall–Kier alpha value is -3.30. The summed E-state index contributed by atoms with van der Waals surface area (Å²) in [7, 11) is 0. The molecule has 2 aliphatic rings. The van der Waals surface area contributed by atoms with Gasteiger partial charge in [0.15, 0.2) is 5.78 Å². The van der Waals surface area contributed by atoms with Crippen LogP contribution in [0.5, 0.6) is 0 Å². The Morgan fingerprint density at radius 2 is 1.50 bits per heavy atom. The molecule has 0 N–H and O–H groups in total. The molecule has 2 aromatic rings. The molecule has 2 aromatic carbocycles. The monoisotopic (exact) mass is 531 g/mol. The molecule has 0 spiro atoms. The number of carbonyl (C=O) groups excluding carboxylic acids is 4. The molecule has 0 bridgehead atoms. The van der Waals surface area contributed by atoms with Crippen molar-refractivity contribution >= 4 is 52.4 Å². The lowest BCUT2D eigenvalue weighted by molar-refractivity contribution is -0.384. The molecule has 1 aliphatic heterocycles. The van der Waals surface area contributed by atoms with E-state index in [2.05, 4.69) is 0 Å². The topological polar surface area (TPSA) is 118 Å². The lowest BCUT2D eigenvalue weighted by Crippen LogP contribution is -2.57. The molecule has 4 rings (SSSR count). The number of carbonyl (C=O) groups is 4. The molecule has 1 heterocycles. The van der Waals surface area contributed by atoms with E-state index in [0.717, 1.165) is 35.0 Å². The van der Waals surface area contributed by atoms with Gasteiger partial charge in [0.25, 0.3) is 23.4 Å². The average molecular weight is 532 g/mol. The van der Waals surface area contributed by atoms with Crippen LogP contribution in [0.4, 0.5) is 5.69 Å². The van der Waals surface area contributed by atoms with Crippen LogP contribution in [-0.2, 0) is 9.59 Å². The van der Waals surface area contributed by atoms with Crippen molar-refractivity contribution in [3.63, 3.8) is 0 Å². The van der Waals surface area contributed by atoms with Crippen LogP contribution >= 0.6 is 23.2 Å². The van der Waals surface area contributed by atoms with Crippen LogP contribution < -0.4 is 0 Å². The summed E-state index contributed by atoms with van der Waals surface area (Å²) in [4.78, 5) is 64.8. The predicted molar refractivity (Wildman–Crippen MR) is 131 cm³/mol. The normalized spacial score (nSPS) is 20.1. The van der Waals surface area contributed by atoms with E-state index in [1.807, 2.05) is 0 Å². The molecule has 11 heteroatoms. The van der Waals surface area contributed by atoms with E-state index < -0.39 is 46.3 Å². The average Bonchev–Trinajstić information content (AvgIpc) is 3.13. The maximum atomic E-state index is 13.8. The number of hydrogen-bond acceptors (Lipinski definition) is 6. The van der Waals surface area contributed by atoms with Gasteiger partial charge in [0.05, 0.1) is 16.8 Å². The van der Waals surface area contributed by atoms with Crippen molar-refractivity contribution in [3.05, 3.63) is 74.8 Å².